The molecule has 162 valence electrons. The highest BCUT2D eigenvalue weighted by atomic mass is 79.9. The summed E-state index contributed by atoms with van der Waals surface area (Å²) in [4.78, 5) is 14.6. The van der Waals surface area contributed by atoms with Gasteiger partial charge in [-0.15, -0.1) is 0 Å². The molecule has 0 radical (unpaired) electrons. The SMILES string of the molecule is Cc1ccc(OC(C)C(=O)N2CCCN(S(=O)(=O)c3ccc(F)cc3)CC2)c(Br)c1. The molecule has 0 N–H and O–H groups in total. The molecule has 2 aromatic carbocycles. The van der Waals surface area contributed by atoms with Gasteiger partial charge in [0.05, 0.1) is 9.37 Å². The summed E-state index contributed by atoms with van der Waals surface area (Å²) in [7, 11) is -3.74. The summed E-state index contributed by atoms with van der Waals surface area (Å²) in [6.07, 6.45) is -0.197. The fourth-order valence-electron chi connectivity index (χ4n) is 3.31. The normalized spacial score (nSPS) is 16.7. The number of aryl methyl sites for hydroxylation is 1. The van der Waals surface area contributed by atoms with Crippen LogP contribution in [0.15, 0.2) is 51.8 Å². The van der Waals surface area contributed by atoms with Crippen LogP contribution in [0.25, 0.3) is 0 Å². The van der Waals surface area contributed by atoms with Crippen LogP contribution in [0.2, 0.25) is 0 Å². The quantitative estimate of drug-likeness (QED) is 0.631. The van der Waals surface area contributed by atoms with Gasteiger partial charge in [-0.1, -0.05) is 6.07 Å². The Morgan fingerprint density at radius 1 is 1.10 bits per heavy atom. The third-order valence-electron chi connectivity index (χ3n) is 4.96. The molecule has 0 aliphatic carbocycles. The van der Waals surface area contributed by atoms with Crippen molar-refractivity contribution in [3.05, 3.63) is 58.3 Å². The molecule has 0 spiro atoms. The third-order valence-corrected chi connectivity index (χ3v) is 7.49. The molecular formula is C21H24BrFN2O4S. The van der Waals surface area contributed by atoms with E-state index in [1.54, 1.807) is 11.8 Å². The van der Waals surface area contributed by atoms with Crippen LogP contribution >= 0.6 is 15.9 Å². The predicted molar refractivity (Wildman–Crippen MR) is 115 cm³/mol. The van der Waals surface area contributed by atoms with Gasteiger partial charge < -0.3 is 9.64 Å². The van der Waals surface area contributed by atoms with Crippen molar-refractivity contribution >= 4 is 31.9 Å². The molecule has 1 atom stereocenters. The molecule has 0 bridgehead atoms. The van der Waals surface area contributed by atoms with Gasteiger partial charge >= 0.3 is 0 Å². The van der Waals surface area contributed by atoms with E-state index in [0.29, 0.717) is 25.3 Å². The van der Waals surface area contributed by atoms with Gasteiger partial charge in [-0.05, 0) is 78.2 Å². The van der Waals surface area contributed by atoms with E-state index in [1.165, 1.54) is 16.4 Å². The van der Waals surface area contributed by atoms with Crippen molar-refractivity contribution in [2.24, 2.45) is 0 Å². The number of sulfonamides is 1. The molecule has 30 heavy (non-hydrogen) atoms. The maximum atomic E-state index is 13.1. The number of halogens is 2. The first-order valence-electron chi connectivity index (χ1n) is 9.66. The number of carbonyl (C=O) groups excluding carboxylic acids is 1. The maximum absolute atomic E-state index is 13.1. The van der Waals surface area contributed by atoms with Crippen molar-refractivity contribution in [2.75, 3.05) is 26.2 Å². The first-order chi connectivity index (χ1) is 14.2. The Hall–Kier alpha value is -1.97. The van der Waals surface area contributed by atoms with Crippen LogP contribution in [-0.2, 0) is 14.8 Å². The van der Waals surface area contributed by atoms with E-state index in [4.69, 9.17) is 4.74 Å². The number of hydrogen-bond donors (Lipinski definition) is 0. The number of carbonyl (C=O) groups is 1. The van der Waals surface area contributed by atoms with Gasteiger partial charge in [-0.3, -0.25) is 4.79 Å². The molecule has 1 aliphatic rings. The van der Waals surface area contributed by atoms with Crippen LogP contribution < -0.4 is 4.74 Å². The average molecular weight is 499 g/mol. The third kappa shape index (κ3) is 5.19. The van der Waals surface area contributed by atoms with Gasteiger partial charge in [0.2, 0.25) is 10.0 Å². The Morgan fingerprint density at radius 2 is 1.80 bits per heavy atom. The van der Waals surface area contributed by atoms with Crippen molar-refractivity contribution in [3.8, 4) is 5.75 Å². The van der Waals surface area contributed by atoms with Gasteiger partial charge in [0, 0.05) is 26.2 Å². The number of nitrogens with zero attached hydrogens (tertiary/aromatic N) is 2. The van der Waals surface area contributed by atoms with Crippen LogP contribution in [0.4, 0.5) is 4.39 Å². The van der Waals surface area contributed by atoms with Gasteiger partial charge in [-0.2, -0.15) is 4.31 Å². The molecule has 3 rings (SSSR count). The predicted octanol–water partition coefficient (Wildman–Crippen LogP) is 3.59. The Labute approximate surface area is 184 Å². The number of rotatable bonds is 5. The highest BCUT2D eigenvalue weighted by Gasteiger charge is 2.30. The molecule has 0 aromatic heterocycles. The van der Waals surface area contributed by atoms with Crippen LogP contribution in [0, 0.1) is 12.7 Å². The standard InChI is InChI=1S/C21H24BrFN2O4S/c1-15-4-9-20(19(22)14-15)29-16(2)21(26)24-10-3-11-25(13-12-24)30(27,28)18-7-5-17(23)6-8-18/h4-9,14,16H,3,10-13H2,1-2H3. The van der Waals surface area contributed by atoms with E-state index in [-0.39, 0.29) is 23.9 Å². The first kappa shape index (κ1) is 22.7. The van der Waals surface area contributed by atoms with Crippen molar-refractivity contribution < 1.29 is 22.3 Å². The fraction of sp³-hybridized carbons (Fsp3) is 0.381. The molecule has 1 heterocycles. The minimum Gasteiger partial charge on any atom is -0.480 e. The average Bonchev–Trinajstić information content (AvgIpc) is 2.96. The molecule has 1 saturated heterocycles. The zero-order valence-corrected chi connectivity index (χ0v) is 19.2. The number of benzene rings is 2. The highest BCUT2D eigenvalue weighted by molar-refractivity contribution is 9.10. The molecule has 1 amide bonds. The molecule has 9 heteroatoms. The van der Waals surface area contributed by atoms with Crippen LogP contribution in [-0.4, -0.2) is 55.8 Å². The maximum Gasteiger partial charge on any atom is 0.263 e. The fourth-order valence-corrected chi connectivity index (χ4v) is 5.37. The lowest BCUT2D eigenvalue weighted by atomic mass is 10.2. The van der Waals surface area contributed by atoms with Gasteiger partial charge in [-0.25, -0.2) is 12.8 Å². The lowest BCUT2D eigenvalue weighted by Crippen LogP contribution is -2.43. The van der Waals surface area contributed by atoms with E-state index in [2.05, 4.69) is 15.9 Å². The largest absolute Gasteiger partial charge is 0.480 e. The molecule has 6 nitrogen and oxygen atoms in total. The first-order valence-corrected chi connectivity index (χ1v) is 11.9. The summed E-state index contributed by atoms with van der Waals surface area (Å²) >= 11 is 3.44. The molecule has 1 fully saturated rings. The summed E-state index contributed by atoms with van der Waals surface area (Å²) in [6.45, 7) is 4.83. The van der Waals surface area contributed by atoms with E-state index in [0.717, 1.165) is 22.2 Å². The van der Waals surface area contributed by atoms with Crippen molar-refractivity contribution in [3.63, 3.8) is 0 Å². The number of ether oxygens (including phenoxy) is 1. The Morgan fingerprint density at radius 3 is 2.47 bits per heavy atom. The second-order valence-corrected chi connectivity index (χ2v) is 10.0. The second kappa shape index (κ2) is 9.45. The minimum absolute atomic E-state index is 0.0459. The summed E-state index contributed by atoms with van der Waals surface area (Å²) < 4.78 is 46.7. The van der Waals surface area contributed by atoms with Gasteiger partial charge in [0.1, 0.15) is 11.6 Å². The van der Waals surface area contributed by atoms with Gasteiger partial charge in [0.25, 0.3) is 5.91 Å². The lowest BCUT2D eigenvalue weighted by molar-refractivity contribution is -0.137. The summed E-state index contributed by atoms with van der Waals surface area (Å²) in [5.74, 6) is -0.101. The highest BCUT2D eigenvalue weighted by Crippen LogP contribution is 2.27. The zero-order valence-electron chi connectivity index (χ0n) is 16.8. The van der Waals surface area contributed by atoms with Gasteiger partial charge in [0.15, 0.2) is 6.10 Å². The number of amides is 1. The molecule has 1 unspecified atom stereocenters. The van der Waals surface area contributed by atoms with Crippen molar-refractivity contribution in [1.29, 1.82) is 0 Å². The van der Waals surface area contributed by atoms with E-state index in [1.807, 2.05) is 25.1 Å². The summed E-state index contributed by atoms with van der Waals surface area (Å²) in [6, 6.07) is 10.4. The Kier molecular flexibility index (Phi) is 7.15. The van der Waals surface area contributed by atoms with E-state index in [9.17, 15) is 17.6 Å². The molecule has 1 aliphatic heterocycles. The second-order valence-electron chi connectivity index (χ2n) is 7.23. The Bertz CT molecular complexity index is 1010. The van der Waals surface area contributed by atoms with E-state index >= 15 is 0 Å². The van der Waals surface area contributed by atoms with Crippen LogP contribution in [0.1, 0.15) is 18.9 Å². The van der Waals surface area contributed by atoms with Crippen LogP contribution in [0.5, 0.6) is 5.75 Å². The molecule has 2 aromatic rings. The monoisotopic (exact) mass is 498 g/mol. The van der Waals surface area contributed by atoms with Crippen molar-refractivity contribution in [1.82, 2.24) is 9.21 Å². The number of hydrogen-bond acceptors (Lipinski definition) is 4. The molecular weight excluding hydrogens is 475 g/mol. The van der Waals surface area contributed by atoms with E-state index < -0.39 is 21.9 Å². The smallest absolute Gasteiger partial charge is 0.263 e. The summed E-state index contributed by atoms with van der Waals surface area (Å²) in [5, 5.41) is 0. The Balaban J connectivity index is 1.65. The molecule has 0 saturated carbocycles. The zero-order chi connectivity index (χ0) is 21.9. The topological polar surface area (TPSA) is 66.9 Å². The van der Waals surface area contributed by atoms with Crippen LogP contribution in [0.3, 0.4) is 0 Å². The minimum atomic E-state index is -3.74. The summed E-state index contributed by atoms with van der Waals surface area (Å²) in [5.41, 5.74) is 1.07. The lowest BCUT2D eigenvalue weighted by Gasteiger charge is -2.25. The van der Waals surface area contributed by atoms with Crippen molar-refractivity contribution in [2.45, 2.75) is 31.3 Å².